The van der Waals surface area contributed by atoms with E-state index in [1.54, 1.807) is 0 Å². The largest absolute Gasteiger partial charge is 0.308 e. The minimum atomic E-state index is -1.55. The maximum Gasteiger partial charge on any atom is 0.186 e. The monoisotopic (exact) mass is 315 g/mol. The zero-order chi connectivity index (χ0) is 17.3. The molecule has 1 aliphatic carbocycles. The first-order chi connectivity index (χ1) is 11.6. The van der Waals surface area contributed by atoms with Gasteiger partial charge in [0.05, 0.1) is 18.2 Å². The molecule has 0 bridgehead atoms. The van der Waals surface area contributed by atoms with Crippen LogP contribution in [0.3, 0.4) is 0 Å². The Kier molecular flexibility index (Phi) is 3.94. The third kappa shape index (κ3) is 2.13. The molecule has 0 aromatic heterocycles. The van der Waals surface area contributed by atoms with E-state index >= 15 is 0 Å². The van der Waals surface area contributed by atoms with Crippen LogP contribution in [-0.4, -0.2) is 30.7 Å². The van der Waals surface area contributed by atoms with Gasteiger partial charge in [0.15, 0.2) is 5.41 Å². The van der Waals surface area contributed by atoms with Gasteiger partial charge in [0.1, 0.15) is 5.92 Å². The summed E-state index contributed by atoms with van der Waals surface area (Å²) in [6.45, 7) is 1.31. The summed E-state index contributed by atoms with van der Waals surface area (Å²) in [5.74, 6) is -1.45. The smallest absolute Gasteiger partial charge is 0.186 e. The third-order valence-electron chi connectivity index (χ3n) is 5.11. The number of benzene rings is 1. The molecule has 3 rings (SSSR count). The number of nitrogens with one attached hydrogen (secondary N) is 1. The highest BCUT2D eigenvalue weighted by molar-refractivity contribution is 5.96. The van der Waals surface area contributed by atoms with Crippen molar-refractivity contribution in [1.29, 1.82) is 21.2 Å². The van der Waals surface area contributed by atoms with Crippen LogP contribution in [0.25, 0.3) is 0 Å². The summed E-state index contributed by atoms with van der Waals surface area (Å²) < 4.78 is 0. The van der Waals surface area contributed by atoms with E-state index in [9.17, 15) is 15.8 Å². The maximum atomic E-state index is 9.75. The van der Waals surface area contributed by atoms with Gasteiger partial charge in [-0.2, -0.15) is 15.8 Å². The molecule has 0 saturated heterocycles. The highest BCUT2D eigenvalue weighted by Gasteiger charge is 2.57. The lowest BCUT2D eigenvalue weighted by Crippen LogP contribution is -2.51. The number of nitriles is 3. The van der Waals surface area contributed by atoms with Crippen molar-refractivity contribution in [2.75, 3.05) is 20.1 Å². The average molecular weight is 315 g/mol. The van der Waals surface area contributed by atoms with Gasteiger partial charge in [0, 0.05) is 30.6 Å². The molecular formula is C19H17N5. The number of nitrogens with zero attached hydrogens (tertiary/aromatic N) is 4. The van der Waals surface area contributed by atoms with Gasteiger partial charge in [-0.1, -0.05) is 36.4 Å². The Morgan fingerprint density at radius 1 is 1.17 bits per heavy atom. The summed E-state index contributed by atoms with van der Waals surface area (Å²) in [6, 6.07) is 15.9. The molecule has 0 amide bonds. The maximum absolute atomic E-state index is 9.75. The van der Waals surface area contributed by atoms with Gasteiger partial charge in [-0.25, -0.2) is 0 Å². The predicted molar refractivity (Wildman–Crippen MR) is 88.7 cm³/mol. The summed E-state index contributed by atoms with van der Waals surface area (Å²) in [5.41, 5.74) is 0.285. The van der Waals surface area contributed by atoms with Gasteiger partial charge in [-0.05, 0) is 18.2 Å². The first-order valence-corrected chi connectivity index (χ1v) is 7.83. The van der Waals surface area contributed by atoms with Crippen molar-refractivity contribution in [2.24, 2.45) is 17.3 Å². The molecule has 118 valence electrons. The Balaban J connectivity index is 2.22. The minimum Gasteiger partial charge on any atom is -0.308 e. The fourth-order valence-electron chi connectivity index (χ4n) is 3.97. The summed E-state index contributed by atoms with van der Waals surface area (Å²) in [7, 11) is 1.98. The summed E-state index contributed by atoms with van der Waals surface area (Å²) in [5, 5.41) is 37.8. The van der Waals surface area contributed by atoms with E-state index in [4.69, 9.17) is 5.41 Å². The van der Waals surface area contributed by atoms with E-state index in [1.807, 2.05) is 43.5 Å². The molecule has 1 aromatic rings. The molecule has 2 aliphatic rings. The molecule has 1 aliphatic heterocycles. The molecule has 5 heteroatoms. The molecule has 3 atom stereocenters. The Hall–Kier alpha value is -2.94. The van der Waals surface area contributed by atoms with E-state index in [-0.39, 0.29) is 17.5 Å². The van der Waals surface area contributed by atoms with Gasteiger partial charge < -0.3 is 10.3 Å². The molecule has 24 heavy (non-hydrogen) atoms. The van der Waals surface area contributed by atoms with Gasteiger partial charge in [0.2, 0.25) is 0 Å². The highest BCUT2D eigenvalue weighted by Crippen LogP contribution is 2.52. The van der Waals surface area contributed by atoms with Crippen LogP contribution >= 0.6 is 0 Å². The lowest BCUT2D eigenvalue weighted by atomic mass is 9.55. The molecule has 1 N–H and O–H groups in total. The minimum absolute atomic E-state index is 0.137. The zero-order valence-electron chi connectivity index (χ0n) is 13.4. The fraction of sp³-hybridized carbons (Fsp3) is 0.368. The second-order valence-corrected chi connectivity index (χ2v) is 6.42. The average Bonchev–Trinajstić information content (AvgIpc) is 2.61. The Bertz CT molecular complexity index is 804. The first-order valence-electron chi connectivity index (χ1n) is 7.83. The van der Waals surface area contributed by atoms with Gasteiger partial charge >= 0.3 is 0 Å². The van der Waals surface area contributed by atoms with Gasteiger partial charge in [-0.3, -0.25) is 0 Å². The SMILES string of the molecule is CN1CC=C2[C@H](C1)[C@@H](c1ccccc1)C(=N)C(C#N)C2(C#N)C#N. The zero-order valence-corrected chi connectivity index (χ0v) is 13.4. The van der Waals surface area contributed by atoms with Crippen molar-refractivity contribution in [2.45, 2.75) is 5.92 Å². The summed E-state index contributed by atoms with van der Waals surface area (Å²) in [6.07, 6.45) is 1.91. The lowest BCUT2D eigenvalue weighted by molar-refractivity contribution is 0.254. The number of hydrogen-bond donors (Lipinski definition) is 1. The topological polar surface area (TPSA) is 98.5 Å². The molecule has 1 fully saturated rings. The molecule has 0 spiro atoms. The normalized spacial score (nSPS) is 28.7. The molecule has 1 unspecified atom stereocenters. The van der Waals surface area contributed by atoms with Crippen LogP contribution in [0.15, 0.2) is 42.0 Å². The van der Waals surface area contributed by atoms with Crippen molar-refractivity contribution in [3.63, 3.8) is 0 Å². The van der Waals surface area contributed by atoms with Crippen molar-refractivity contribution in [1.82, 2.24) is 4.90 Å². The first kappa shape index (κ1) is 15.9. The van der Waals surface area contributed by atoms with Crippen LogP contribution in [0.4, 0.5) is 0 Å². The van der Waals surface area contributed by atoms with Crippen LogP contribution in [0.2, 0.25) is 0 Å². The Morgan fingerprint density at radius 3 is 2.42 bits per heavy atom. The van der Waals surface area contributed by atoms with E-state index in [0.29, 0.717) is 18.7 Å². The van der Waals surface area contributed by atoms with Crippen LogP contribution in [-0.2, 0) is 0 Å². The number of likely N-dealkylation sites (N-methyl/N-ethyl adjacent to an activating group) is 1. The number of rotatable bonds is 1. The Morgan fingerprint density at radius 2 is 1.83 bits per heavy atom. The number of fused-ring (bicyclic) bond motifs is 1. The fourth-order valence-corrected chi connectivity index (χ4v) is 3.97. The van der Waals surface area contributed by atoms with Crippen molar-refractivity contribution >= 4 is 5.71 Å². The van der Waals surface area contributed by atoms with Crippen LogP contribution in [0, 0.1) is 56.7 Å². The van der Waals surface area contributed by atoms with E-state index in [1.165, 1.54) is 0 Å². The molecule has 1 heterocycles. The summed E-state index contributed by atoms with van der Waals surface area (Å²) in [4.78, 5) is 2.11. The van der Waals surface area contributed by atoms with Gasteiger partial charge in [-0.15, -0.1) is 0 Å². The van der Waals surface area contributed by atoms with Crippen molar-refractivity contribution < 1.29 is 0 Å². The molecule has 0 radical (unpaired) electrons. The molecular weight excluding hydrogens is 298 g/mol. The Labute approximate surface area is 141 Å². The molecule has 5 nitrogen and oxygen atoms in total. The van der Waals surface area contributed by atoms with Crippen molar-refractivity contribution in [3.05, 3.63) is 47.5 Å². The second kappa shape index (κ2) is 5.93. The van der Waals surface area contributed by atoms with Crippen LogP contribution in [0.5, 0.6) is 0 Å². The van der Waals surface area contributed by atoms with Gasteiger partial charge in [0.25, 0.3) is 0 Å². The highest BCUT2D eigenvalue weighted by atomic mass is 15.1. The van der Waals surface area contributed by atoms with E-state index in [2.05, 4.69) is 23.1 Å². The lowest BCUT2D eigenvalue weighted by Gasteiger charge is -2.46. The molecule has 1 aromatic carbocycles. The predicted octanol–water partition coefficient (Wildman–Crippen LogP) is 2.46. The quantitative estimate of drug-likeness (QED) is 0.805. The second-order valence-electron chi connectivity index (χ2n) is 6.42. The number of hydrogen-bond acceptors (Lipinski definition) is 5. The summed E-state index contributed by atoms with van der Waals surface area (Å²) >= 11 is 0. The third-order valence-corrected chi connectivity index (χ3v) is 5.11. The van der Waals surface area contributed by atoms with E-state index in [0.717, 1.165) is 5.56 Å². The molecule has 1 saturated carbocycles. The standard InChI is InChI=1S/C19H17N5/c1-24-8-7-15-14(10-24)17(13-5-3-2-4-6-13)18(23)16(9-20)19(15,11-21)12-22/h2-7,14,16-17,23H,8,10H2,1H3/t14-,16?,17+/m0/s1. The van der Waals surface area contributed by atoms with Crippen LogP contribution < -0.4 is 0 Å². The van der Waals surface area contributed by atoms with Crippen LogP contribution in [0.1, 0.15) is 11.5 Å². The van der Waals surface area contributed by atoms with E-state index < -0.39 is 11.3 Å². The van der Waals surface area contributed by atoms with Crippen molar-refractivity contribution in [3.8, 4) is 18.2 Å².